The molecule has 2 aliphatic heterocycles. The Morgan fingerprint density at radius 3 is 3.00 bits per heavy atom. The minimum Gasteiger partial charge on any atom is -0.486 e. The maximum absolute atomic E-state index is 12.4. The SMILES string of the molecule is CCC1C(=O)NCCN1C(=O)C=Cc1cc(Cl)c2c(c1)OCCO2. The van der Waals surface area contributed by atoms with Crippen LogP contribution in [-0.4, -0.2) is 49.1 Å². The number of piperazine rings is 1. The van der Waals surface area contributed by atoms with Crippen molar-refractivity contribution >= 4 is 29.5 Å². The Kier molecular flexibility index (Phi) is 4.94. The van der Waals surface area contributed by atoms with Gasteiger partial charge >= 0.3 is 0 Å². The van der Waals surface area contributed by atoms with Gasteiger partial charge in [-0.2, -0.15) is 0 Å². The number of hydrogen-bond donors (Lipinski definition) is 1. The lowest BCUT2D eigenvalue weighted by Crippen LogP contribution is -2.56. The quantitative estimate of drug-likeness (QED) is 0.845. The number of halogens is 1. The van der Waals surface area contributed by atoms with Crippen molar-refractivity contribution < 1.29 is 19.1 Å². The molecule has 0 saturated carbocycles. The fraction of sp³-hybridized carbons (Fsp3) is 0.412. The Balaban J connectivity index is 1.76. The summed E-state index contributed by atoms with van der Waals surface area (Å²) in [5.74, 6) is 0.811. The third-order valence-electron chi connectivity index (χ3n) is 4.04. The normalized spacial score (nSPS) is 20.2. The molecule has 1 fully saturated rings. The van der Waals surface area contributed by atoms with E-state index < -0.39 is 6.04 Å². The summed E-state index contributed by atoms with van der Waals surface area (Å²) >= 11 is 6.19. The minimum atomic E-state index is -0.417. The molecule has 6 nitrogen and oxygen atoms in total. The van der Waals surface area contributed by atoms with Crippen LogP contribution < -0.4 is 14.8 Å². The van der Waals surface area contributed by atoms with Gasteiger partial charge in [0.2, 0.25) is 11.8 Å². The highest BCUT2D eigenvalue weighted by atomic mass is 35.5. The maximum Gasteiger partial charge on any atom is 0.247 e. The van der Waals surface area contributed by atoms with E-state index in [0.717, 1.165) is 5.56 Å². The zero-order valence-corrected chi connectivity index (χ0v) is 14.1. The summed E-state index contributed by atoms with van der Waals surface area (Å²) in [6.07, 6.45) is 3.72. The van der Waals surface area contributed by atoms with Crippen LogP contribution in [0.2, 0.25) is 5.02 Å². The second-order valence-corrected chi connectivity index (χ2v) is 6.01. The molecule has 0 radical (unpaired) electrons. The summed E-state index contributed by atoms with van der Waals surface area (Å²) in [7, 11) is 0. The number of fused-ring (bicyclic) bond motifs is 1. The molecule has 1 saturated heterocycles. The molecular weight excluding hydrogens is 332 g/mol. The molecule has 0 aliphatic carbocycles. The van der Waals surface area contributed by atoms with Gasteiger partial charge in [0.05, 0.1) is 5.02 Å². The van der Waals surface area contributed by atoms with Crippen LogP contribution >= 0.6 is 11.6 Å². The van der Waals surface area contributed by atoms with E-state index in [-0.39, 0.29) is 11.8 Å². The van der Waals surface area contributed by atoms with Gasteiger partial charge in [0, 0.05) is 19.2 Å². The molecule has 1 N–H and O–H groups in total. The highest BCUT2D eigenvalue weighted by Crippen LogP contribution is 2.38. The largest absolute Gasteiger partial charge is 0.486 e. The molecule has 2 heterocycles. The lowest BCUT2D eigenvalue weighted by atomic mass is 10.1. The predicted octanol–water partition coefficient (Wildman–Crippen LogP) is 1.86. The highest BCUT2D eigenvalue weighted by Gasteiger charge is 2.30. The van der Waals surface area contributed by atoms with Crippen molar-refractivity contribution in [1.82, 2.24) is 10.2 Å². The van der Waals surface area contributed by atoms with Gasteiger partial charge < -0.3 is 19.7 Å². The van der Waals surface area contributed by atoms with Gasteiger partial charge in [0.15, 0.2) is 11.5 Å². The Labute approximate surface area is 145 Å². The number of carbonyl (C=O) groups excluding carboxylic acids is 2. The van der Waals surface area contributed by atoms with E-state index in [1.54, 1.807) is 23.1 Å². The Morgan fingerprint density at radius 2 is 2.21 bits per heavy atom. The molecule has 7 heteroatoms. The zero-order valence-electron chi connectivity index (χ0n) is 13.4. The van der Waals surface area contributed by atoms with Crippen LogP contribution in [0.4, 0.5) is 0 Å². The molecule has 2 aliphatic rings. The fourth-order valence-corrected chi connectivity index (χ4v) is 3.15. The molecule has 1 aromatic rings. The van der Waals surface area contributed by atoms with Crippen molar-refractivity contribution in [3.63, 3.8) is 0 Å². The first-order valence-corrected chi connectivity index (χ1v) is 8.33. The van der Waals surface area contributed by atoms with E-state index >= 15 is 0 Å². The Morgan fingerprint density at radius 1 is 1.42 bits per heavy atom. The maximum atomic E-state index is 12.4. The number of benzene rings is 1. The molecule has 0 aromatic heterocycles. The van der Waals surface area contributed by atoms with E-state index in [0.29, 0.717) is 49.2 Å². The van der Waals surface area contributed by atoms with Crippen LogP contribution in [-0.2, 0) is 9.59 Å². The van der Waals surface area contributed by atoms with Crippen LogP contribution in [0, 0.1) is 0 Å². The average molecular weight is 351 g/mol. The van der Waals surface area contributed by atoms with Gasteiger partial charge in [-0.05, 0) is 30.2 Å². The number of ether oxygens (including phenoxy) is 2. The zero-order chi connectivity index (χ0) is 17.1. The number of amides is 2. The van der Waals surface area contributed by atoms with Crippen LogP contribution in [0.3, 0.4) is 0 Å². The molecule has 0 spiro atoms. The van der Waals surface area contributed by atoms with Gasteiger partial charge in [0.1, 0.15) is 19.3 Å². The van der Waals surface area contributed by atoms with Crippen LogP contribution in [0.25, 0.3) is 6.08 Å². The van der Waals surface area contributed by atoms with Crippen molar-refractivity contribution in [3.05, 3.63) is 28.8 Å². The van der Waals surface area contributed by atoms with Gasteiger partial charge in [0.25, 0.3) is 0 Å². The summed E-state index contributed by atoms with van der Waals surface area (Å²) < 4.78 is 11.0. The number of hydrogen-bond acceptors (Lipinski definition) is 4. The molecule has 128 valence electrons. The molecule has 0 bridgehead atoms. The average Bonchev–Trinajstić information content (AvgIpc) is 2.59. The summed E-state index contributed by atoms with van der Waals surface area (Å²) in [6, 6.07) is 3.09. The number of rotatable bonds is 3. The third-order valence-corrected chi connectivity index (χ3v) is 4.32. The van der Waals surface area contributed by atoms with Crippen molar-refractivity contribution in [3.8, 4) is 11.5 Å². The standard InChI is InChI=1S/C17H19ClN2O4/c1-2-13-17(22)19-5-6-20(13)15(21)4-3-11-9-12(18)16-14(10-11)23-7-8-24-16/h3-4,9-10,13H,2,5-8H2,1H3,(H,19,22). The van der Waals surface area contributed by atoms with Crippen LogP contribution in [0.1, 0.15) is 18.9 Å². The summed E-state index contributed by atoms with van der Waals surface area (Å²) in [5.41, 5.74) is 0.743. The van der Waals surface area contributed by atoms with Crippen molar-refractivity contribution in [2.75, 3.05) is 26.3 Å². The fourth-order valence-electron chi connectivity index (χ4n) is 2.87. The summed E-state index contributed by atoms with van der Waals surface area (Å²) in [6.45, 7) is 3.81. The first-order chi connectivity index (χ1) is 11.6. The summed E-state index contributed by atoms with van der Waals surface area (Å²) in [5, 5.41) is 3.23. The molecule has 1 aromatic carbocycles. The number of nitrogens with zero attached hydrogens (tertiary/aromatic N) is 1. The van der Waals surface area contributed by atoms with Crippen molar-refractivity contribution in [2.24, 2.45) is 0 Å². The van der Waals surface area contributed by atoms with Gasteiger partial charge in [-0.15, -0.1) is 0 Å². The predicted molar refractivity (Wildman–Crippen MR) is 90.3 cm³/mol. The Hall–Kier alpha value is -2.21. The van der Waals surface area contributed by atoms with Crippen molar-refractivity contribution in [1.29, 1.82) is 0 Å². The van der Waals surface area contributed by atoms with Crippen LogP contribution in [0.5, 0.6) is 11.5 Å². The van der Waals surface area contributed by atoms with Gasteiger partial charge in [-0.25, -0.2) is 0 Å². The van der Waals surface area contributed by atoms with E-state index in [4.69, 9.17) is 21.1 Å². The Bertz CT molecular complexity index is 689. The lowest BCUT2D eigenvalue weighted by Gasteiger charge is -2.33. The molecule has 1 unspecified atom stereocenters. The topological polar surface area (TPSA) is 67.9 Å². The lowest BCUT2D eigenvalue weighted by molar-refractivity contribution is -0.140. The number of carbonyl (C=O) groups is 2. The monoisotopic (exact) mass is 350 g/mol. The van der Waals surface area contributed by atoms with E-state index in [1.807, 2.05) is 6.92 Å². The molecule has 3 rings (SSSR count). The molecule has 2 amide bonds. The minimum absolute atomic E-state index is 0.104. The van der Waals surface area contributed by atoms with Crippen molar-refractivity contribution in [2.45, 2.75) is 19.4 Å². The molecule has 1 atom stereocenters. The summed E-state index contributed by atoms with van der Waals surface area (Å²) in [4.78, 5) is 25.9. The van der Waals surface area contributed by atoms with E-state index in [2.05, 4.69) is 5.32 Å². The second-order valence-electron chi connectivity index (χ2n) is 5.61. The first kappa shape index (κ1) is 16.6. The first-order valence-electron chi connectivity index (χ1n) is 7.95. The smallest absolute Gasteiger partial charge is 0.247 e. The molecular formula is C17H19ClN2O4. The molecule has 24 heavy (non-hydrogen) atoms. The van der Waals surface area contributed by atoms with Crippen LogP contribution in [0.15, 0.2) is 18.2 Å². The highest BCUT2D eigenvalue weighted by molar-refractivity contribution is 6.32. The number of nitrogens with one attached hydrogen (secondary N) is 1. The van der Waals surface area contributed by atoms with Gasteiger partial charge in [-0.1, -0.05) is 18.5 Å². The van der Waals surface area contributed by atoms with Gasteiger partial charge in [-0.3, -0.25) is 9.59 Å². The van der Waals surface area contributed by atoms with E-state index in [1.165, 1.54) is 6.08 Å². The third kappa shape index (κ3) is 3.33. The second kappa shape index (κ2) is 7.13. The van der Waals surface area contributed by atoms with E-state index in [9.17, 15) is 9.59 Å².